The van der Waals surface area contributed by atoms with Crippen LogP contribution in [-0.2, 0) is 17.9 Å². The fraction of sp³-hybridized carbons (Fsp3) is 0.286. The number of aromatic nitrogens is 2. The number of benzene rings is 1. The van der Waals surface area contributed by atoms with E-state index in [0.29, 0.717) is 17.3 Å². The van der Waals surface area contributed by atoms with Crippen LogP contribution in [0.3, 0.4) is 0 Å². The van der Waals surface area contributed by atoms with E-state index in [1.807, 2.05) is 6.92 Å². The molecule has 1 N–H and O–H groups in total. The largest absolute Gasteiger partial charge is 0.328 e. The van der Waals surface area contributed by atoms with Gasteiger partial charge in [-0.3, -0.25) is 13.9 Å². The minimum Gasteiger partial charge on any atom is -0.325 e. The van der Waals surface area contributed by atoms with E-state index in [4.69, 9.17) is 11.6 Å². The molecule has 0 fully saturated rings. The molecule has 0 atom stereocenters. The average molecular weight is 294 g/mol. The molecule has 0 aliphatic rings. The van der Waals surface area contributed by atoms with Crippen LogP contribution in [0.5, 0.6) is 0 Å². The van der Waals surface area contributed by atoms with Crippen LogP contribution in [0.15, 0.2) is 41.5 Å². The molecule has 1 aromatic carbocycles. The highest BCUT2D eigenvalue weighted by molar-refractivity contribution is 6.30. The van der Waals surface area contributed by atoms with Gasteiger partial charge in [0.1, 0.15) is 6.54 Å². The highest BCUT2D eigenvalue weighted by Gasteiger charge is 2.08. The normalized spacial score (nSPS) is 10.5. The molecule has 0 aliphatic carbocycles. The van der Waals surface area contributed by atoms with Crippen molar-refractivity contribution in [2.75, 3.05) is 5.32 Å². The van der Waals surface area contributed by atoms with Crippen molar-refractivity contribution in [3.8, 4) is 0 Å². The predicted molar refractivity (Wildman–Crippen MR) is 79.1 cm³/mol. The number of aryl methyl sites for hydroxylation is 1. The van der Waals surface area contributed by atoms with E-state index in [-0.39, 0.29) is 18.1 Å². The Hall–Kier alpha value is -2.01. The smallest absolute Gasteiger partial charge is 0.325 e. The van der Waals surface area contributed by atoms with Gasteiger partial charge in [-0.15, -0.1) is 0 Å². The molecule has 2 rings (SSSR count). The van der Waals surface area contributed by atoms with Crippen LogP contribution in [0.2, 0.25) is 5.02 Å². The highest BCUT2D eigenvalue weighted by atomic mass is 35.5. The Labute approximate surface area is 121 Å². The van der Waals surface area contributed by atoms with Gasteiger partial charge in [0.15, 0.2) is 0 Å². The predicted octanol–water partition coefficient (Wildman–Crippen LogP) is 2.35. The molecule has 2 aromatic rings. The number of hydrogen-bond donors (Lipinski definition) is 1. The molecule has 0 unspecified atom stereocenters. The van der Waals surface area contributed by atoms with Gasteiger partial charge in [-0.2, -0.15) is 0 Å². The maximum atomic E-state index is 11.9. The summed E-state index contributed by atoms with van der Waals surface area (Å²) in [7, 11) is 0. The van der Waals surface area contributed by atoms with Crippen LogP contribution in [0.1, 0.15) is 13.3 Å². The Bertz CT molecular complexity index is 643. The van der Waals surface area contributed by atoms with E-state index in [2.05, 4.69) is 5.32 Å². The lowest BCUT2D eigenvalue weighted by molar-refractivity contribution is -0.116. The van der Waals surface area contributed by atoms with Crippen molar-refractivity contribution < 1.29 is 4.79 Å². The molecule has 1 heterocycles. The number of carbonyl (C=O) groups is 1. The van der Waals surface area contributed by atoms with Crippen molar-refractivity contribution in [2.45, 2.75) is 26.4 Å². The number of hydrogen-bond acceptors (Lipinski definition) is 2. The lowest BCUT2D eigenvalue weighted by Gasteiger charge is -2.05. The Kier molecular flexibility index (Phi) is 4.63. The van der Waals surface area contributed by atoms with Crippen molar-refractivity contribution in [1.82, 2.24) is 9.13 Å². The maximum absolute atomic E-state index is 11.9. The molecule has 0 spiro atoms. The molecule has 20 heavy (non-hydrogen) atoms. The molecule has 5 nitrogen and oxygen atoms in total. The van der Waals surface area contributed by atoms with E-state index >= 15 is 0 Å². The molecule has 6 heteroatoms. The summed E-state index contributed by atoms with van der Waals surface area (Å²) in [6.45, 7) is 2.65. The Morgan fingerprint density at radius 2 is 1.85 bits per heavy atom. The number of amides is 1. The molecule has 0 saturated carbocycles. The number of carbonyl (C=O) groups excluding carboxylic acids is 1. The third-order valence-electron chi connectivity index (χ3n) is 2.82. The first-order valence-corrected chi connectivity index (χ1v) is 6.79. The quantitative estimate of drug-likeness (QED) is 0.920. The second-order valence-corrected chi connectivity index (χ2v) is 4.89. The number of imidazole rings is 1. The first kappa shape index (κ1) is 14.4. The van der Waals surface area contributed by atoms with Crippen molar-refractivity contribution in [3.63, 3.8) is 0 Å². The number of nitrogens with zero attached hydrogens (tertiary/aromatic N) is 2. The van der Waals surface area contributed by atoms with Crippen molar-refractivity contribution in [2.24, 2.45) is 0 Å². The van der Waals surface area contributed by atoms with E-state index in [9.17, 15) is 9.59 Å². The Morgan fingerprint density at radius 3 is 2.50 bits per heavy atom. The van der Waals surface area contributed by atoms with Crippen molar-refractivity contribution in [1.29, 1.82) is 0 Å². The molecule has 106 valence electrons. The minimum absolute atomic E-state index is 0.00181. The number of nitrogens with one attached hydrogen (secondary N) is 1. The van der Waals surface area contributed by atoms with Crippen LogP contribution in [-0.4, -0.2) is 15.0 Å². The number of rotatable bonds is 5. The fourth-order valence-electron chi connectivity index (χ4n) is 1.87. The Morgan fingerprint density at radius 1 is 1.20 bits per heavy atom. The van der Waals surface area contributed by atoms with Crippen LogP contribution < -0.4 is 11.0 Å². The lowest BCUT2D eigenvalue weighted by atomic mass is 10.3. The summed E-state index contributed by atoms with van der Waals surface area (Å²) in [5.74, 6) is -0.247. The molecule has 0 radical (unpaired) electrons. The van der Waals surface area contributed by atoms with E-state index in [0.717, 1.165) is 6.42 Å². The first-order chi connectivity index (χ1) is 9.60. The molecular weight excluding hydrogens is 278 g/mol. The van der Waals surface area contributed by atoms with Crippen molar-refractivity contribution in [3.05, 3.63) is 52.2 Å². The second kappa shape index (κ2) is 6.43. The monoisotopic (exact) mass is 293 g/mol. The highest BCUT2D eigenvalue weighted by Crippen LogP contribution is 2.13. The second-order valence-electron chi connectivity index (χ2n) is 4.46. The zero-order chi connectivity index (χ0) is 14.5. The zero-order valence-corrected chi connectivity index (χ0v) is 11.9. The minimum atomic E-state index is -0.247. The molecular formula is C14H16ClN3O2. The summed E-state index contributed by atoms with van der Waals surface area (Å²) in [6, 6.07) is 6.82. The average Bonchev–Trinajstić information content (AvgIpc) is 2.75. The SMILES string of the molecule is CCCn1ccn(CC(=O)Nc2ccc(Cl)cc2)c1=O. The van der Waals surface area contributed by atoms with Gasteiger partial charge >= 0.3 is 5.69 Å². The molecule has 0 saturated heterocycles. The Balaban J connectivity index is 2.01. The van der Waals surface area contributed by atoms with Gasteiger partial charge in [0.05, 0.1) is 0 Å². The van der Waals surface area contributed by atoms with Crippen LogP contribution in [0, 0.1) is 0 Å². The van der Waals surface area contributed by atoms with Gasteiger partial charge < -0.3 is 5.32 Å². The van der Waals surface area contributed by atoms with Gasteiger partial charge in [0.25, 0.3) is 0 Å². The van der Waals surface area contributed by atoms with Crippen LogP contribution >= 0.6 is 11.6 Å². The zero-order valence-electron chi connectivity index (χ0n) is 11.2. The summed E-state index contributed by atoms with van der Waals surface area (Å²) in [6.07, 6.45) is 4.20. The first-order valence-electron chi connectivity index (χ1n) is 6.41. The topological polar surface area (TPSA) is 56.0 Å². The van der Waals surface area contributed by atoms with Gasteiger partial charge in [-0.05, 0) is 30.7 Å². The third kappa shape index (κ3) is 3.51. The third-order valence-corrected chi connectivity index (χ3v) is 3.08. The fourth-order valence-corrected chi connectivity index (χ4v) is 2.00. The maximum Gasteiger partial charge on any atom is 0.328 e. The van der Waals surface area contributed by atoms with Crippen molar-refractivity contribution >= 4 is 23.2 Å². The van der Waals surface area contributed by atoms with E-state index in [1.165, 1.54) is 4.57 Å². The summed E-state index contributed by atoms with van der Waals surface area (Å²) < 4.78 is 2.98. The van der Waals surface area contributed by atoms with Crippen LogP contribution in [0.4, 0.5) is 5.69 Å². The molecule has 1 amide bonds. The van der Waals surface area contributed by atoms with Gasteiger partial charge in [-0.25, -0.2) is 4.79 Å². The van der Waals surface area contributed by atoms with Gasteiger partial charge in [0.2, 0.25) is 5.91 Å². The van der Waals surface area contributed by atoms with E-state index < -0.39 is 0 Å². The summed E-state index contributed by atoms with van der Waals surface area (Å²) in [5.41, 5.74) is 0.485. The standard InChI is InChI=1S/C14H16ClN3O2/c1-2-7-17-8-9-18(14(17)20)10-13(19)16-12-5-3-11(15)4-6-12/h3-6,8-9H,2,7,10H2,1H3,(H,16,19). The van der Waals surface area contributed by atoms with Gasteiger partial charge in [0, 0.05) is 29.6 Å². The number of halogens is 1. The molecule has 0 aliphatic heterocycles. The number of anilines is 1. The molecule has 1 aromatic heterocycles. The van der Waals surface area contributed by atoms with Gasteiger partial charge in [-0.1, -0.05) is 18.5 Å². The van der Waals surface area contributed by atoms with Crippen LogP contribution in [0.25, 0.3) is 0 Å². The molecule has 0 bridgehead atoms. The lowest BCUT2D eigenvalue weighted by Crippen LogP contribution is -2.29. The summed E-state index contributed by atoms with van der Waals surface area (Å²) in [4.78, 5) is 23.8. The summed E-state index contributed by atoms with van der Waals surface area (Å²) >= 11 is 5.77. The van der Waals surface area contributed by atoms with E-state index in [1.54, 1.807) is 41.2 Å². The summed E-state index contributed by atoms with van der Waals surface area (Å²) in [5, 5.41) is 3.33.